The van der Waals surface area contributed by atoms with Crippen LogP contribution in [0.5, 0.6) is 0 Å². The summed E-state index contributed by atoms with van der Waals surface area (Å²) >= 11 is 8.10. The van der Waals surface area contributed by atoms with Crippen LogP contribution < -0.4 is 5.32 Å². The number of imidazole rings is 1. The SMILES string of the molecule is Cn1ccnc1Sc1ccc(Nc2c(C#N)cnc3cc(/C=C/CCN4CCOCC4)ccc23)cc1Cl. The lowest BCUT2D eigenvalue weighted by atomic mass is 10.1. The van der Waals surface area contributed by atoms with Crippen molar-refractivity contribution >= 4 is 51.7 Å². The zero-order chi connectivity index (χ0) is 25.6. The van der Waals surface area contributed by atoms with Crippen molar-refractivity contribution in [1.82, 2.24) is 19.4 Å². The summed E-state index contributed by atoms with van der Waals surface area (Å²) in [5, 5.41) is 15.5. The van der Waals surface area contributed by atoms with Gasteiger partial charge < -0.3 is 14.6 Å². The van der Waals surface area contributed by atoms with E-state index in [0.717, 1.165) is 77.2 Å². The van der Waals surface area contributed by atoms with Crippen molar-refractivity contribution < 1.29 is 4.74 Å². The monoisotopic (exact) mass is 530 g/mol. The first-order chi connectivity index (χ1) is 18.1. The zero-order valence-corrected chi connectivity index (χ0v) is 22.1. The molecule has 7 nitrogen and oxygen atoms in total. The summed E-state index contributed by atoms with van der Waals surface area (Å²) < 4.78 is 7.36. The second kappa shape index (κ2) is 11.8. The second-order valence-corrected chi connectivity index (χ2v) is 10.2. The normalized spacial score (nSPS) is 14.3. The molecule has 1 saturated heterocycles. The number of benzene rings is 2. The van der Waals surface area contributed by atoms with E-state index in [1.165, 1.54) is 11.8 Å². The van der Waals surface area contributed by atoms with Gasteiger partial charge in [-0.3, -0.25) is 9.88 Å². The maximum Gasteiger partial charge on any atom is 0.172 e. The highest BCUT2D eigenvalue weighted by atomic mass is 35.5. The number of hydrogen-bond donors (Lipinski definition) is 1. The number of anilines is 2. The fourth-order valence-corrected chi connectivity index (χ4v) is 5.29. The smallest absolute Gasteiger partial charge is 0.172 e. The van der Waals surface area contributed by atoms with Gasteiger partial charge in [-0.2, -0.15) is 5.26 Å². The molecule has 9 heteroatoms. The highest BCUT2D eigenvalue weighted by Crippen LogP contribution is 2.36. The van der Waals surface area contributed by atoms with E-state index in [-0.39, 0.29) is 0 Å². The van der Waals surface area contributed by atoms with Crippen LogP contribution >= 0.6 is 23.4 Å². The predicted octanol–water partition coefficient (Wildman–Crippen LogP) is 6.12. The predicted molar refractivity (Wildman–Crippen MR) is 149 cm³/mol. The van der Waals surface area contributed by atoms with Crippen molar-refractivity contribution in [2.24, 2.45) is 7.05 Å². The Balaban J connectivity index is 1.33. The lowest BCUT2D eigenvalue weighted by Crippen LogP contribution is -2.36. The average molecular weight is 531 g/mol. The van der Waals surface area contributed by atoms with Gasteiger partial charge in [0, 0.05) is 61.2 Å². The second-order valence-electron chi connectivity index (χ2n) is 8.77. The molecule has 1 fully saturated rings. The van der Waals surface area contributed by atoms with Gasteiger partial charge in [0.15, 0.2) is 5.16 Å². The minimum Gasteiger partial charge on any atom is -0.379 e. The molecule has 0 spiro atoms. The molecule has 0 bridgehead atoms. The van der Waals surface area contributed by atoms with Crippen LogP contribution in [-0.2, 0) is 11.8 Å². The van der Waals surface area contributed by atoms with Crippen molar-refractivity contribution in [2.75, 3.05) is 38.2 Å². The standard InChI is InChI=1S/C28H27ClN6OS/c1-34-11-9-31-28(34)37-26-8-6-22(17-24(26)29)33-27-21(18-30)19-32-25-16-20(5-7-23(25)27)4-2-3-10-35-12-14-36-15-13-35/h2,4-9,11,16-17,19H,3,10,12-15H2,1H3,(H,32,33)/b4-2+. The summed E-state index contributed by atoms with van der Waals surface area (Å²) in [7, 11) is 1.95. The molecule has 1 aliphatic heterocycles. The van der Waals surface area contributed by atoms with Crippen molar-refractivity contribution in [3.63, 3.8) is 0 Å². The number of aryl methyl sites for hydroxylation is 1. The zero-order valence-electron chi connectivity index (χ0n) is 20.5. The van der Waals surface area contributed by atoms with E-state index in [1.807, 2.05) is 48.1 Å². The molecule has 1 N–H and O–H groups in total. The third-order valence-electron chi connectivity index (χ3n) is 6.22. The number of halogens is 1. The summed E-state index contributed by atoms with van der Waals surface area (Å²) in [5.41, 5.74) is 3.89. The molecule has 4 aromatic rings. The van der Waals surface area contributed by atoms with Crippen LogP contribution in [0.15, 0.2) is 71.1 Å². The average Bonchev–Trinajstić information content (AvgIpc) is 3.33. The van der Waals surface area contributed by atoms with Crippen molar-refractivity contribution in [1.29, 1.82) is 5.26 Å². The fourth-order valence-electron chi connectivity index (χ4n) is 4.19. The lowest BCUT2D eigenvalue weighted by Gasteiger charge is -2.25. The van der Waals surface area contributed by atoms with Gasteiger partial charge in [-0.25, -0.2) is 4.98 Å². The van der Waals surface area contributed by atoms with Crippen LogP contribution in [0.1, 0.15) is 17.5 Å². The van der Waals surface area contributed by atoms with Crippen molar-refractivity contribution in [3.05, 3.63) is 77.2 Å². The van der Waals surface area contributed by atoms with Crippen molar-refractivity contribution in [3.8, 4) is 6.07 Å². The maximum atomic E-state index is 9.74. The van der Waals surface area contributed by atoms with Gasteiger partial charge in [0.1, 0.15) is 6.07 Å². The van der Waals surface area contributed by atoms with Crippen LogP contribution in [0.2, 0.25) is 5.02 Å². The Morgan fingerprint density at radius 1 is 1.19 bits per heavy atom. The van der Waals surface area contributed by atoms with E-state index in [1.54, 1.807) is 12.4 Å². The molecule has 0 aliphatic carbocycles. The first kappa shape index (κ1) is 25.3. The number of rotatable bonds is 8. The van der Waals surface area contributed by atoms with Crippen LogP contribution in [0.3, 0.4) is 0 Å². The Morgan fingerprint density at radius 2 is 2.05 bits per heavy atom. The Labute approximate surface area is 225 Å². The molecule has 1 aliphatic rings. The molecule has 188 valence electrons. The van der Waals surface area contributed by atoms with Crippen LogP contribution in [-0.4, -0.2) is 52.3 Å². The van der Waals surface area contributed by atoms with Gasteiger partial charge in [-0.05, 0) is 36.2 Å². The number of nitriles is 1. The van der Waals surface area contributed by atoms with Gasteiger partial charge in [-0.15, -0.1) is 0 Å². The Hall–Kier alpha value is -3.35. The van der Waals surface area contributed by atoms with Crippen LogP contribution in [0, 0.1) is 11.3 Å². The molecule has 5 rings (SSSR count). The molecule has 2 aromatic carbocycles. The Morgan fingerprint density at radius 3 is 2.81 bits per heavy atom. The molecule has 0 unspecified atom stereocenters. The molecular weight excluding hydrogens is 504 g/mol. The number of hydrogen-bond acceptors (Lipinski definition) is 7. The summed E-state index contributed by atoms with van der Waals surface area (Å²) in [6.45, 7) is 4.68. The molecule has 0 amide bonds. The van der Waals surface area contributed by atoms with Gasteiger partial charge in [0.05, 0.1) is 35.0 Å². The van der Waals surface area contributed by atoms with Crippen LogP contribution in [0.25, 0.3) is 17.0 Å². The number of nitrogens with zero attached hydrogens (tertiary/aromatic N) is 5. The molecular formula is C28H27ClN6OS. The minimum absolute atomic E-state index is 0.476. The molecule has 0 saturated carbocycles. The molecule has 3 heterocycles. The summed E-state index contributed by atoms with van der Waals surface area (Å²) in [6, 6.07) is 14.2. The number of pyridine rings is 1. The quantitative estimate of drug-likeness (QED) is 0.294. The number of aromatic nitrogens is 3. The van der Waals surface area contributed by atoms with E-state index < -0.39 is 0 Å². The first-order valence-electron chi connectivity index (χ1n) is 12.1. The van der Waals surface area contributed by atoms with Gasteiger partial charge in [-0.1, -0.05) is 47.6 Å². The minimum atomic E-state index is 0.476. The highest BCUT2D eigenvalue weighted by molar-refractivity contribution is 7.99. The summed E-state index contributed by atoms with van der Waals surface area (Å²) in [5.74, 6) is 0. The van der Waals surface area contributed by atoms with Gasteiger partial charge >= 0.3 is 0 Å². The number of fused-ring (bicyclic) bond motifs is 1. The van der Waals surface area contributed by atoms with E-state index in [2.05, 4.69) is 44.5 Å². The highest BCUT2D eigenvalue weighted by Gasteiger charge is 2.13. The number of nitrogens with one attached hydrogen (secondary N) is 1. The summed E-state index contributed by atoms with van der Waals surface area (Å²) in [6.07, 6.45) is 10.6. The molecule has 2 aromatic heterocycles. The fraction of sp³-hybridized carbons (Fsp3) is 0.250. The first-order valence-corrected chi connectivity index (χ1v) is 13.3. The largest absolute Gasteiger partial charge is 0.379 e. The maximum absolute atomic E-state index is 9.74. The van der Waals surface area contributed by atoms with Crippen LogP contribution in [0.4, 0.5) is 11.4 Å². The summed E-state index contributed by atoms with van der Waals surface area (Å²) in [4.78, 5) is 12.2. The van der Waals surface area contributed by atoms with E-state index >= 15 is 0 Å². The Bertz CT molecular complexity index is 1470. The van der Waals surface area contributed by atoms with E-state index in [0.29, 0.717) is 10.6 Å². The van der Waals surface area contributed by atoms with Gasteiger partial charge in [0.25, 0.3) is 0 Å². The number of morpholine rings is 1. The van der Waals surface area contributed by atoms with E-state index in [4.69, 9.17) is 16.3 Å². The lowest BCUT2D eigenvalue weighted by molar-refractivity contribution is 0.0387. The third-order valence-corrected chi connectivity index (χ3v) is 7.80. The van der Waals surface area contributed by atoms with E-state index in [9.17, 15) is 5.26 Å². The third kappa shape index (κ3) is 6.14. The topological polar surface area (TPSA) is 79.0 Å². The molecule has 0 atom stereocenters. The molecule has 37 heavy (non-hydrogen) atoms. The Kier molecular flexibility index (Phi) is 8.07. The molecule has 0 radical (unpaired) electrons. The number of ether oxygens (including phenoxy) is 1. The van der Waals surface area contributed by atoms with Crippen molar-refractivity contribution in [2.45, 2.75) is 16.5 Å². The van der Waals surface area contributed by atoms with Gasteiger partial charge in [0.2, 0.25) is 0 Å².